The fourth-order valence-corrected chi connectivity index (χ4v) is 3.17. The van der Waals surface area contributed by atoms with E-state index in [-0.39, 0.29) is 16.5 Å². The molecule has 0 aliphatic heterocycles. The van der Waals surface area contributed by atoms with Gasteiger partial charge in [0.05, 0.1) is 16.3 Å². The number of benzene rings is 2. The minimum Gasteiger partial charge on any atom is -0.376 e. The molecular weight excluding hydrogens is 333 g/mol. The molecule has 0 aromatic heterocycles. The highest BCUT2D eigenvalue weighted by molar-refractivity contribution is 7.92. The molecule has 24 heavy (non-hydrogen) atoms. The van der Waals surface area contributed by atoms with Crippen LogP contribution in [0.4, 0.5) is 21.5 Å². The van der Waals surface area contributed by atoms with Gasteiger partial charge in [-0.15, -0.1) is 0 Å². The first-order valence-corrected chi connectivity index (χ1v) is 8.55. The Morgan fingerprint density at radius 1 is 1.08 bits per heavy atom. The fraction of sp³-hybridized carbons (Fsp3) is 0.188. The van der Waals surface area contributed by atoms with E-state index in [2.05, 4.69) is 10.0 Å². The van der Waals surface area contributed by atoms with Crippen LogP contribution in [0, 0.1) is 5.82 Å². The van der Waals surface area contributed by atoms with E-state index >= 15 is 0 Å². The van der Waals surface area contributed by atoms with Gasteiger partial charge in [-0.25, -0.2) is 12.8 Å². The predicted octanol–water partition coefficient (Wildman–Crippen LogP) is 2.65. The topological polar surface area (TPSA) is 78.5 Å². The lowest BCUT2D eigenvalue weighted by Crippen LogP contribution is -2.17. The van der Waals surface area contributed by atoms with Crippen molar-refractivity contribution in [2.45, 2.75) is 11.8 Å². The molecule has 0 atom stereocenters. The fourth-order valence-electron chi connectivity index (χ4n) is 2.10. The summed E-state index contributed by atoms with van der Waals surface area (Å²) in [7, 11) is -0.429. The highest BCUT2D eigenvalue weighted by Crippen LogP contribution is 2.28. The second-order valence-electron chi connectivity index (χ2n) is 5.37. The molecule has 0 unspecified atom stereocenters. The van der Waals surface area contributed by atoms with Gasteiger partial charge >= 0.3 is 0 Å². The van der Waals surface area contributed by atoms with Crippen LogP contribution in [0.15, 0.2) is 47.4 Å². The second kappa shape index (κ2) is 6.88. The van der Waals surface area contributed by atoms with E-state index in [4.69, 9.17) is 0 Å². The SMILES string of the molecule is CC(=O)Nc1ccc(S(=O)(=O)Nc2cc(F)ccc2N(C)C)cc1. The third kappa shape index (κ3) is 4.23. The number of nitrogens with zero attached hydrogens (tertiary/aromatic N) is 1. The highest BCUT2D eigenvalue weighted by atomic mass is 32.2. The average molecular weight is 351 g/mol. The predicted molar refractivity (Wildman–Crippen MR) is 92.3 cm³/mol. The van der Waals surface area contributed by atoms with Crippen molar-refractivity contribution in [1.82, 2.24) is 0 Å². The standard InChI is InChI=1S/C16H18FN3O3S/c1-11(21)18-13-5-7-14(8-6-13)24(22,23)19-15-10-12(17)4-9-16(15)20(2)3/h4-10,19H,1-3H3,(H,18,21). The third-order valence-electron chi connectivity index (χ3n) is 3.17. The molecule has 0 aliphatic carbocycles. The maximum atomic E-state index is 13.5. The number of carbonyl (C=O) groups excluding carboxylic acids is 1. The number of hydrogen-bond donors (Lipinski definition) is 2. The van der Waals surface area contributed by atoms with Crippen LogP contribution in [0.1, 0.15) is 6.92 Å². The van der Waals surface area contributed by atoms with Crippen LogP contribution >= 0.6 is 0 Å². The summed E-state index contributed by atoms with van der Waals surface area (Å²) in [6, 6.07) is 9.56. The summed E-state index contributed by atoms with van der Waals surface area (Å²) in [5.41, 5.74) is 1.17. The number of sulfonamides is 1. The Balaban J connectivity index is 2.32. The number of amides is 1. The van der Waals surface area contributed by atoms with Gasteiger partial charge in [-0.3, -0.25) is 9.52 Å². The smallest absolute Gasteiger partial charge is 0.261 e. The Labute approximate surface area is 140 Å². The molecule has 2 aromatic rings. The summed E-state index contributed by atoms with van der Waals surface area (Å²) in [6.45, 7) is 1.36. The summed E-state index contributed by atoms with van der Waals surface area (Å²) in [4.78, 5) is 12.7. The van der Waals surface area contributed by atoms with Crippen molar-refractivity contribution in [2.75, 3.05) is 29.0 Å². The molecule has 0 saturated heterocycles. The molecule has 2 rings (SSSR count). The Morgan fingerprint density at radius 2 is 1.71 bits per heavy atom. The lowest BCUT2D eigenvalue weighted by molar-refractivity contribution is -0.114. The zero-order valence-electron chi connectivity index (χ0n) is 13.5. The van der Waals surface area contributed by atoms with Crippen molar-refractivity contribution in [2.24, 2.45) is 0 Å². The third-order valence-corrected chi connectivity index (χ3v) is 4.55. The van der Waals surface area contributed by atoms with Crippen molar-refractivity contribution in [3.63, 3.8) is 0 Å². The summed E-state index contributed by atoms with van der Waals surface area (Å²) in [5.74, 6) is -0.793. The van der Waals surface area contributed by atoms with Crippen LogP contribution in [0.2, 0.25) is 0 Å². The van der Waals surface area contributed by atoms with E-state index in [1.807, 2.05) is 0 Å². The summed E-state index contributed by atoms with van der Waals surface area (Å²) in [5, 5.41) is 2.55. The monoisotopic (exact) mass is 351 g/mol. The molecule has 8 heteroatoms. The molecule has 0 radical (unpaired) electrons. The Bertz CT molecular complexity index is 849. The lowest BCUT2D eigenvalue weighted by Gasteiger charge is -2.18. The molecule has 0 saturated carbocycles. The number of carbonyl (C=O) groups is 1. The molecule has 0 spiro atoms. The van der Waals surface area contributed by atoms with Crippen LogP contribution in [0.5, 0.6) is 0 Å². The molecule has 0 bridgehead atoms. The van der Waals surface area contributed by atoms with Crippen LogP contribution in [0.3, 0.4) is 0 Å². The molecule has 2 N–H and O–H groups in total. The van der Waals surface area contributed by atoms with Gasteiger partial charge in [-0.2, -0.15) is 0 Å². The number of rotatable bonds is 5. The van der Waals surface area contributed by atoms with Gasteiger partial charge in [0, 0.05) is 32.8 Å². The van der Waals surface area contributed by atoms with Gasteiger partial charge in [-0.05, 0) is 36.4 Å². The first kappa shape index (κ1) is 17.7. The normalized spacial score (nSPS) is 11.0. The van der Waals surface area contributed by atoms with Gasteiger partial charge in [0.1, 0.15) is 5.82 Å². The summed E-state index contributed by atoms with van der Waals surface area (Å²) < 4.78 is 40.8. The lowest BCUT2D eigenvalue weighted by atomic mass is 10.2. The number of anilines is 3. The first-order chi connectivity index (χ1) is 11.2. The highest BCUT2D eigenvalue weighted by Gasteiger charge is 2.17. The second-order valence-corrected chi connectivity index (χ2v) is 7.05. The van der Waals surface area contributed by atoms with Crippen molar-refractivity contribution >= 4 is 33.0 Å². The molecule has 0 fully saturated rings. The Morgan fingerprint density at radius 3 is 2.25 bits per heavy atom. The molecule has 0 heterocycles. The maximum Gasteiger partial charge on any atom is 0.261 e. The van der Waals surface area contributed by atoms with Gasteiger partial charge in [0.15, 0.2) is 0 Å². The van der Waals surface area contributed by atoms with E-state index in [9.17, 15) is 17.6 Å². The minimum absolute atomic E-state index is 0.00516. The van der Waals surface area contributed by atoms with Crippen LogP contribution < -0.4 is 14.9 Å². The number of hydrogen-bond acceptors (Lipinski definition) is 4. The largest absolute Gasteiger partial charge is 0.376 e. The number of halogens is 1. The van der Waals surface area contributed by atoms with Crippen molar-refractivity contribution in [3.05, 3.63) is 48.3 Å². The van der Waals surface area contributed by atoms with Crippen LogP contribution in [-0.4, -0.2) is 28.4 Å². The van der Waals surface area contributed by atoms with Crippen LogP contribution in [-0.2, 0) is 14.8 Å². The number of nitrogens with one attached hydrogen (secondary N) is 2. The molecule has 1 amide bonds. The first-order valence-electron chi connectivity index (χ1n) is 7.06. The molecule has 0 aliphatic rings. The molecule has 128 valence electrons. The summed E-state index contributed by atoms with van der Waals surface area (Å²) >= 11 is 0. The van der Waals surface area contributed by atoms with Gasteiger partial charge in [0.25, 0.3) is 10.0 Å². The van der Waals surface area contributed by atoms with Crippen molar-refractivity contribution in [1.29, 1.82) is 0 Å². The maximum absolute atomic E-state index is 13.5. The Hall–Kier alpha value is -2.61. The van der Waals surface area contributed by atoms with E-state index in [1.54, 1.807) is 19.0 Å². The van der Waals surface area contributed by atoms with Gasteiger partial charge in [0.2, 0.25) is 5.91 Å². The van der Waals surface area contributed by atoms with E-state index in [1.165, 1.54) is 43.3 Å². The van der Waals surface area contributed by atoms with Gasteiger partial charge < -0.3 is 10.2 Å². The van der Waals surface area contributed by atoms with Crippen molar-refractivity contribution in [3.8, 4) is 0 Å². The van der Waals surface area contributed by atoms with E-state index < -0.39 is 15.8 Å². The van der Waals surface area contributed by atoms with Gasteiger partial charge in [-0.1, -0.05) is 0 Å². The zero-order valence-corrected chi connectivity index (χ0v) is 14.3. The molecule has 2 aromatic carbocycles. The molecule has 6 nitrogen and oxygen atoms in total. The average Bonchev–Trinajstić information content (AvgIpc) is 2.46. The van der Waals surface area contributed by atoms with E-state index in [0.717, 1.165) is 6.07 Å². The molecular formula is C16H18FN3O3S. The zero-order chi connectivity index (χ0) is 17.9. The quantitative estimate of drug-likeness (QED) is 0.868. The minimum atomic E-state index is -3.89. The van der Waals surface area contributed by atoms with Crippen molar-refractivity contribution < 1.29 is 17.6 Å². The summed E-state index contributed by atoms with van der Waals surface area (Å²) in [6.07, 6.45) is 0. The Kier molecular flexibility index (Phi) is 5.08. The van der Waals surface area contributed by atoms with Crippen LogP contribution in [0.25, 0.3) is 0 Å². The van der Waals surface area contributed by atoms with E-state index in [0.29, 0.717) is 11.4 Å².